The van der Waals surface area contributed by atoms with Crippen molar-refractivity contribution < 1.29 is 18.7 Å². The Labute approximate surface area is 205 Å². The zero-order valence-electron chi connectivity index (χ0n) is 18.2. The molecule has 4 rings (SSSR count). The molecule has 0 bridgehead atoms. The van der Waals surface area contributed by atoms with Gasteiger partial charge in [-0.2, -0.15) is 0 Å². The molecular weight excluding hydrogens is 477 g/mol. The minimum absolute atomic E-state index is 0.000106. The maximum atomic E-state index is 13.3. The minimum Gasteiger partial charge on any atom is -0.497 e. The summed E-state index contributed by atoms with van der Waals surface area (Å²) < 4.78 is 18.5. The molecule has 6 nitrogen and oxygen atoms in total. The second-order valence-corrected chi connectivity index (χ2v) is 9.12. The molecule has 34 heavy (non-hydrogen) atoms. The van der Waals surface area contributed by atoms with Gasteiger partial charge in [-0.25, -0.2) is 9.38 Å². The van der Waals surface area contributed by atoms with Gasteiger partial charge in [-0.05, 0) is 60.2 Å². The summed E-state index contributed by atoms with van der Waals surface area (Å²) in [6.45, 7) is 0.212. The normalized spacial score (nSPS) is 17.0. The van der Waals surface area contributed by atoms with Crippen LogP contribution in [0.1, 0.15) is 12.0 Å². The van der Waals surface area contributed by atoms with Crippen LogP contribution in [0.5, 0.6) is 5.75 Å². The van der Waals surface area contributed by atoms with Crippen LogP contribution in [0.25, 0.3) is 0 Å². The van der Waals surface area contributed by atoms with Crippen molar-refractivity contribution in [3.63, 3.8) is 0 Å². The number of hydrogen-bond donors (Lipinski definition) is 1. The van der Waals surface area contributed by atoms with Crippen molar-refractivity contribution in [3.05, 3.63) is 89.2 Å². The first kappa shape index (κ1) is 23.8. The first-order valence-corrected chi connectivity index (χ1v) is 11.7. The number of halogens is 2. The molecule has 1 aliphatic rings. The number of aliphatic imine (C=N–C) groups is 1. The van der Waals surface area contributed by atoms with Crippen molar-refractivity contribution in [2.45, 2.75) is 18.2 Å². The fourth-order valence-electron chi connectivity index (χ4n) is 3.33. The first-order chi connectivity index (χ1) is 16.4. The van der Waals surface area contributed by atoms with Gasteiger partial charge in [-0.15, -0.1) is 0 Å². The third-order valence-corrected chi connectivity index (χ3v) is 6.50. The van der Waals surface area contributed by atoms with E-state index in [4.69, 9.17) is 16.3 Å². The summed E-state index contributed by atoms with van der Waals surface area (Å²) >= 11 is 7.22. The van der Waals surface area contributed by atoms with Crippen LogP contribution in [0.15, 0.2) is 77.8 Å². The lowest BCUT2D eigenvalue weighted by Gasteiger charge is -2.32. The number of nitrogens with one attached hydrogen (secondary N) is 1. The molecular formula is C25H21ClFN3O3S. The van der Waals surface area contributed by atoms with Crippen LogP contribution in [0, 0.1) is 5.82 Å². The highest BCUT2D eigenvalue weighted by atomic mass is 35.5. The van der Waals surface area contributed by atoms with Crippen molar-refractivity contribution in [2.24, 2.45) is 4.99 Å². The number of carbonyl (C=O) groups is 2. The molecule has 1 saturated heterocycles. The number of methoxy groups -OCH3 is 1. The highest BCUT2D eigenvalue weighted by molar-refractivity contribution is 8.15. The number of amides is 2. The Kier molecular flexibility index (Phi) is 7.49. The Balaban J connectivity index is 1.60. The smallest absolute Gasteiger partial charge is 0.238 e. The van der Waals surface area contributed by atoms with Crippen LogP contribution in [0.2, 0.25) is 5.02 Å². The van der Waals surface area contributed by atoms with Crippen LogP contribution in [-0.2, 0) is 16.1 Å². The van der Waals surface area contributed by atoms with Crippen molar-refractivity contribution in [2.75, 3.05) is 12.4 Å². The van der Waals surface area contributed by atoms with Gasteiger partial charge in [0.1, 0.15) is 16.8 Å². The van der Waals surface area contributed by atoms with E-state index in [9.17, 15) is 14.0 Å². The van der Waals surface area contributed by atoms with Crippen molar-refractivity contribution in [1.82, 2.24) is 4.90 Å². The lowest BCUT2D eigenvalue weighted by molar-refractivity contribution is -0.129. The van der Waals surface area contributed by atoms with Gasteiger partial charge in [0.25, 0.3) is 0 Å². The summed E-state index contributed by atoms with van der Waals surface area (Å²) in [5, 5.41) is 3.03. The number of anilines is 1. The molecule has 174 valence electrons. The Morgan fingerprint density at radius 2 is 1.91 bits per heavy atom. The number of amidine groups is 1. The molecule has 0 aliphatic carbocycles. The van der Waals surface area contributed by atoms with Gasteiger partial charge in [0, 0.05) is 17.1 Å². The highest BCUT2D eigenvalue weighted by Gasteiger charge is 2.36. The van der Waals surface area contributed by atoms with E-state index in [1.165, 1.54) is 28.8 Å². The molecule has 1 fully saturated rings. The van der Waals surface area contributed by atoms with Crippen LogP contribution in [-0.4, -0.2) is 34.2 Å². The third-order valence-electron chi connectivity index (χ3n) is 5.08. The fourth-order valence-corrected chi connectivity index (χ4v) is 4.61. The molecule has 1 aliphatic heterocycles. The summed E-state index contributed by atoms with van der Waals surface area (Å²) in [5.74, 6) is -0.239. The topological polar surface area (TPSA) is 71.0 Å². The van der Waals surface area contributed by atoms with Gasteiger partial charge < -0.3 is 10.1 Å². The summed E-state index contributed by atoms with van der Waals surface area (Å²) in [7, 11) is 1.57. The highest BCUT2D eigenvalue weighted by Crippen LogP contribution is 2.31. The minimum atomic E-state index is -0.673. The molecule has 1 atom stereocenters. The number of thioether (sulfide) groups is 1. The monoisotopic (exact) mass is 497 g/mol. The standard InChI is InChI=1S/C25H21ClFN3O3S/c1-33-21-11-9-19(10-12-21)29-25-30(15-16-5-7-18(27)8-6-16)23(31)14-22(34-25)24(32)28-20-4-2-3-17(26)13-20/h2-13,22H,14-15H2,1H3,(H,28,32). The van der Waals surface area contributed by atoms with E-state index >= 15 is 0 Å². The molecule has 2 amide bonds. The van der Waals surface area contributed by atoms with E-state index in [1.54, 1.807) is 67.8 Å². The average molecular weight is 498 g/mol. The van der Waals surface area contributed by atoms with Gasteiger partial charge in [0.15, 0.2) is 5.17 Å². The molecule has 1 N–H and O–H groups in total. The molecule has 0 radical (unpaired) electrons. The Hall–Kier alpha value is -3.36. The van der Waals surface area contributed by atoms with E-state index < -0.39 is 5.25 Å². The number of hydrogen-bond acceptors (Lipinski definition) is 5. The lowest BCUT2D eigenvalue weighted by atomic mass is 10.2. The number of ether oxygens (including phenoxy) is 1. The van der Waals surface area contributed by atoms with E-state index in [2.05, 4.69) is 10.3 Å². The maximum Gasteiger partial charge on any atom is 0.238 e. The van der Waals surface area contributed by atoms with E-state index in [-0.39, 0.29) is 30.6 Å². The van der Waals surface area contributed by atoms with E-state index in [0.29, 0.717) is 27.3 Å². The summed E-state index contributed by atoms with van der Waals surface area (Å²) in [6, 6.07) is 19.8. The van der Waals surface area contributed by atoms with Gasteiger partial charge >= 0.3 is 0 Å². The Morgan fingerprint density at radius 1 is 1.18 bits per heavy atom. The molecule has 3 aromatic rings. The van der Waals surface area contributed by atoms with Crippen LogP contribution in [0.4, 0.5) is 15.8 Å². The molecule has 1 unspecified atom stereocenters. The van der Waals surface area contributed by atoms with Crippen molar-refractivity contribution in [3.8, 4) is 5.75 Å². The number of rotatable bonds is 6. The predicted molar refractivity (Wildman–Crippen MR) is 133 cm³/mol. The number of benzene rings is 3. The Bertz CT molecular complexity index is 1220. The van der Waals surface area contributed by atoms with Gasteiger partial charge in [-0.3, -0.25) is 14.5 Å². The Morgan fingerprint density at radius 3 is 2.59 bits per heavy atom. The summed E-state index contributed by atoms with van der Waals surface area (Å²) in [4.78, 5) is 32.2. The second-order valence-electron chi connectivity index (χ2n) is 7.51. The lowest BCUT2D eigenvalue weighted by Crippen LogP contribution is -2.44. The van der Waals surface area contributed by atoms with E-state index in [0.717, 1.165) is 5.56 Å². The average Bonchev–Trinajstić information content (AvgIpc) is 2.83. The molecule has 9 heteroatoms. The van der Waals surface area contributed by atoms with Crippen molar-refractivity contribution in [1.29, 1.82) is 0 Å². The number of nitrogens with zero attached hydrogens (tertiary/aromatic N) is 2. The fraction of sp³-hybridized carbons (Fsp3) is 0.160. The zero-order valence-corrected chi connectivity index (χ0v) is 19.8. The molecule has 0 saturated carbocycles. The number of carbonyl (C=O) groups excluding carboxylic acids is 2. The summed E-state index contributed by atoms with van der Waals surface area (Å²) in [5.41, 5.74) is 1.91. The van der Waals surface area contributed by atoms with Crippen LogP contribution < -0.4 is 10.1 Å². The quantitative estimate of drug-likeness (QED) is 0.478. The van der Waals surface area contributed by atoms with Crippen molar-refractivity contribution >= 4 is 51.7 Å². The van der Waals surface area contributed by atoms with Crippen LogP contribution >= 0.6 is 23.4 Å². The maximum absolute atomic E-state index is 13.3. The van der Waals surface area contributed by atoms with Gasteiger partial charge in [0.2, 0.25) is 11.8 Å². The SMILES string of the molecule is COc1ccc(N=C2SC(C(=O)Nc3cccc(Cl)c3)CC(=O)N2Cc2ccc(F)cc2)cc1. The zero-order chi connectivity index (χ0) is 24.1. The molecule has 3 aromatic carbocycles. The largest absolute Gasteiger partial charge is 0.497 e. The van der Waals surface area contributed by atoms with Gasteiger partial charge in [0.05, 0.1) is 19.3 Å². The molecule has 0 spiro atoms. The molecule has 1 heterocycles. The third kappa shape index (κ3) is 5.95. The van der Waals surface area contributed by atoms with Crippen LogP contribution in [0.3, 0.4) is 0 Å². The van der Waals surface area contributed by atoms with Gasteiger partial charge in [-0.1, -0.05) is 41.6 Å². The predicted octanol–water partition coefficient (Wildman–Crippen LogP) is 5.65. The van der Waals surface area contributed by atoms with E-state index in [1.807, 2.05) is 0 Å². The summed E-state index contributed by atoms with van der Waals surface area (Å²) in [6.07, 6.45) is -0.000106. The molecule has 0 aromatic heterocycles. The second kappa shape index (κ2) is 10.7. The first-order valence-electron chi connectivity index (χ1n) is 10.4.